The summed E-state index contributed by atoms with van der Waals surface area (Å²) in [6, 6.07) is 1.52. The first kappa shape index (κ1) is 9.95. The van der Waals surface area contributed by atoms with Crippen LogP contribution in [0, 0.1) is 0 Å². The van der Waals surface area contributed by atoms with Crippen LogP contribution >= 0.6 is 11.6 Å². The number of methoxy groups -OCH3 is 1. The van der Waals surface area contributed by atoms with Crippen LogP contribution in [0.5, 0.6) is 5.75 Å². The van der Waals surface area contributed by atoms with Gasteiger partial charge in [-0.2, -0.15) is 0 Å². The molecular formula is C8H8ClNO3. The van der Waals surface area contributed by atoms with E-state index in [1.165, 1.54) is 19.4 Å². The Hall–Kier alpha value is -1.13. The fourth-order valence-corrected chi connectivity index (χ4v) is 1.01. The summed E-state index contributed by atoms with van der Waals surface area (Å²) in [5.41, 5.74) is 0.358. The highest BCUT2D eigenvalue weighted by Gasteiger charge is 2.08. The third-order valence-electron chi connectivity index (χ3n) is 1.34. The zero-order valence-corrected chi connectivity index (χ0v) is 7.75. The van der Waals surface area contributed by atoms with Gasteiger partial charge in [0, 0.05) is 13.3 Å². The van der Waals surface area contributed by atoms with E-state index in [9.17, 15) is 4.79 Å². The highest BCUT2D eigenvalue weighted by Crippen LogP contribution is 2.24. The maximum atomic E-state index is 10.5. The molecular weight excluding hydrogens is 194 g/mol. The Bertz CT molecular complexity index is 303. The largest absolute Gasteiger partial charge is 0.464 e. The molecule has 0 saturated carbocycles. The number of aldehydes is 1. The number of carbonyl (C=O) groups excluding carboxylic acids is 1. The summed E-state index contributed by atoms with van der Waals surface area (Å²) in [5, 5.41) is 0.154. The zero-order chi connectivity index (χ0) is 9.68. The van der Waals surface area contributed by atoms with E-state index in [0.717, 1.165) is 0 Å². The van der Waals surface area contributed by atoms with Crippen LogP contribution in [0.15, 0.2) is 12.3 Å². The molecule has 5 heteroatoms. The molecule has 1 rings (SSSR count). The van der Waals surface area contributed by atoms with Crippen LogP contribution in [0.4, 0.5) is 0 Å². The van der Waals surface area contributed by atoms with Crippen LogP contribution in [0.3, 0.4) is 0 Å². The molecule has 0 spiro atoms. The molecule has 0 atom stereocenters. The first-order valence-electron chi connectivity index (χ1n) is 3.51. The summed E-state index contributed by atoms with van der Waals surface area (Å²) in [7, 11) is 1.48. The molecule has 1 aromatic heterocycles. The molecule has 0 fully saturated rings. The average molecular weight is 202 g/mol. The monoisotopic (exact) mass is 201 g/mol. The second kappa shape index (κ2) is 4.79. The van der Waals surface area contributed by atoms with Gasteiger partial charge in [0.2, 0.25) is 0 Å². The van der Waals surface area contributed by atoms with Gasteiger partial charge in [-0.25, -0.2) is 4.98 Å². The van der Waals surface area contributed by atoms with Crippen molar-refractivity contribution in [1.82, 2.24) is 4.98 Å². The Kier molecular flexibility index (Phi) is 3.67. The molecule has 13 heavy (non-hydrogen) atoms. The maximum absolute atomic E-state index is 10.5. The number of ether oxygens (including phenoxy) is 2. The van der Waals surface area contributed by atoms with Crippen molar-refractivity contribution in [2.45, 2.75) is 0 Å². The molecule has 0 amide bonds. The van der Waals surface area contributed by atoms with Gasteiger partial charge in [0.15, 0.2) is 24.0 Å². The van der Waals surface area contributed by atoms with E-state index >= 15 is 0 Å². The first-order valence-corrected chi connectivity index (χ1v) is 3.88. The van der Waals surface area contributed by atoms with Crippen LogP contribution in [-0.4, -0.2) is 25.2 Å². The minimum absolute atomic E-state index is 0.0340. The van der Waals surface area contributed by atoms with Gasteiger partial charge in [-0.3, -0.25) is 4.79 Å². The summed E-state index contributed by atoms with van der Waals surface area (Å²) in [6.07, 6.45) is 2.09. The summed E-state index contributed by atoms with van der Waals surface area (Å²) < 4.78 is 9.74. The predicted octanol–water partition coefficient (Wildman–Crippen LogP) is 1.53. The third kappa shape index (κ3) is 2.40. The van der Waals surface area contributed by atoms with Crippen molar-refractivity contribution in [1.29, 1.82) is 0 Å². The smallest absolute Gasteiger partial charge is 0.188 e. The molecule has 0 N–H and O–H groups in total. The average Bonchev–Trinajstić information content (AvgIpc) is 2.15. The number of pyridine rings is 1. The van der Waals surface area contributed by atoms with Crippen molar-refractivity contribution in [3.05, 3.63) is 23.0 Å². The van der Waals surface area contributed by atoms with Crippen LogP contribution in [0.25, 0.3) is 0 Å². The molecule has 0 aromatic carbocycles. The highest BCUT2D eigenvalue weighted by atomic mass is 35.5. The van der Waals surface area contributed by atoms with E-state index in [1.807, 2.05) is 0 Å². The van der Waals surface area contributed by atoms with Gasteiger partial charge in [-0.1, -0.05) is 11.6 Å². The van der Waals surface area contributed by atoms with Crippen molar-refractivity contribution < 1.29 is 14.3 Å². The van der Waals surface area contributed by atoms with Gasteiger partial charge in [0.25, 0.3) is 0 Å². The number of nitrogens with zero attached hydrogens (tertiary/aromatic N) is 1. The van der Waals surface area contributed by atoms with Crippen molar-refractivity contribution in [2.24, 2.45) is 0 Å². The molecule has 4 nitrogen and oxygen atoms in total. The third-order valence-corrected chi connectivity index (χ3v) is 1.61. The lowest BCUT2D eigenvalue weighted by molar-refractivity contribution is 0.0503. The van der Waals surface area contributed by atoms with Gasteiger partial charge in [-0.15, -0.1) is 0 Å². The predicted molar refractivity (Wildman–Crippen MR) is 47.1 cm³/mol. The van der Waals surface area contributed by atoms with Gasteiger partial charge in [0.1, 0.15) is 0 Å². The van der Waals surface area contributed by atoms with E-state index in [1.54, 1.807) is 0 Å². The SMILES string of the molecule is COCOc1c(C=O)ccnc1Cl. The lowest BCUT2D eigenvalue weighted by atomic mass is 10.3. The van der Waals surface area contributed by atoms with Crippen LogP contribution in [0.2, 0.25) is 5.15 Å². The van der Waals surface area contributed by atoms with Crippen molar-refractivity contribution in [3.8, 4) is 5.75 Å². The van der Waals surface area contributed by atoms with Gasteiger partial charge >= 0.3 is 0 Å². The van der Waals surface area contributed by atoms with Crippen molar-refractivity contribution in [3.63, 3.8) is 0 Å². The molecule has 0 unspecified atom stereocenters. The fourth-order valence-electron chi connectivity index (χ4n) is 0.790. The molecule has 0 saturated heterocycles. The number of hydrogen-bond donors (Lipinski definition) is 0. The standard InChI is InChI=1S/C8H8ClNO3/c1-12-5-13-7-6(4-11)2-3-10-8(7)9/h2-4H,5H2,1H3. The molecule has 1 heterocycles. The van der Waals surface area contributed by atoms with Crippen LogP contribution in [0.1, 0.15) is 10.4 Å². The van der Waals surface area contributed by atoms with E-state index in [0.29, 0.717) is 11.8 Å². The highest BCUT2D eigenvalue weighted by molar-refractivity contribution is 6.31. The zero-order valence-electron chi connectivity index (χ0n) is 6.99. The molecule has 0 radical (unpaired) electrons. The molecule has 1 aromatic rings. The molecule has 0 aliphatic carbocycles. The summed E-state index contributed by atoms with van der Waals surface area (Å²) in [6.45, 7) is 0.0340. The number of carbonyl (C=O) groups is 1. The fraction of sp³-hybridized carbons (Fsp3) is 0.250. The normalized spacial score (nSPS) is 9.69. The number of halogens is 1. The van der Waals surface area contributed by atoms with E-state index in [4.69, 9.17) is 16.3 Å². The first-order chi connectivity index (χ1) is 6.29. The Morgan fingerprint density at radius 1 is 1.69 bits per heavy atom. The van der Waals surface area contributed by atoms with Gasteiger partial charge in [0.05, 0.1) is 5.56 Å². The van der Waals surface area contributed by atoms with Gasteiger partial charge < -0.3 is 9.47 Å². The number of rotatable bonds is 4. The quantitative estimate of drug-likeness (QED) is 0.421. The lowest BCUT2D eigenvalue weighted by Crippen LogP contribution is -2.02. The minimum atomic E-state index is 0.0340. The second-order valence-corrected chi connectivity index (χ2v) is 2.55. The van der Waals surface area contributed by atoms with E-state index < -0.39 is 0 Å². The number of hydrogen-bond acceptors (Lipinski definition) is 4. The Morgan fingerprint density at radius 2 is 2.46 bits per heavy atom. The number of aromatic nitrogens is 1. The second-order valence-electron chi connectivity index (χ2n) is 2.19. The van der Waals surface area contributed by atoms with Crippen molar-refractivity contribution in [2.75, 3.05) is 13.9 Å². The van der Waals surface area contributed by atoms with Crippen LogP contribution in [-0.2, 0) is 4.74 Å². The molecule has 0 aliphatic heterocycles. The lowest BCUT2D eigenvalue weighted by Gasteiger charge is -2.07. The molecule has 70 valence electrons. The molecule has 0 aliphatic rings. The Balaban J connectivity index is 2.93. The van der Waals surface area contributed by atoms with Gasteiger partial charge in [-0.05, 0) is 6.07 Å². The van der Waals surface area contributed by atoms with E-state index in [2.05, 4.69) is 9.72 Å². The van der Waals surface area contributed by atoms with Crippen molar-refractivity contribution >= 4 is 17.9 Å². The Labute approximate surface area is 80.4 Å². The topological polar surface area (TPSA) is 48.4 Å². The van der Waals surface area contributed by atoms with Crippen LogP contribution < -0.4 is 4.74 Å². The molecule has 0 bridgehead atoms. The minimum Gasteiger partial charge on any atom is -0.464 e. The summed E-state index contributed by atoms with van der Waals surface area (Å²) in [4.78, 5) is 14.3. The summed E-state index contributed by atoms with van der Waals surface area (Å²) >= 11 is 5.69. The maximum Gasteiger partial charge on any atom is 0.188 e. The van der Waals surface area contributed by atoms with E-state index in [-0.39, 0.29) is 17.7 Å². The summed E-state index contributed by atoms with van der Waals surface area (Å²) in [5.74, 6) is 0.251. The Morgan fingerprint density at radius 3 is 3.08 bits per heavy atom.